The Hall–Kier alpha value is -2.69. The van der Waals surface area contributed by atoms with Gasteiger partial charge in [0.2, 0.25) is 0 Å². The zero-order valence-electron chi connectivity index (χ0n) is 10.3. The largest absolute Gasteiger partial charge is 0.494 e. The molecule has 0 saturated heterocycles. The van der Waals surface area contributed by atoms with Gasteiger partial charge >= 0.3 is 0 Å². The van der Waals surface area contributed by atoms with Gasteiger partial charge in [-0.25, -0.2) is 8.78 Å². The van der Waals surface area contributed by atoms with E-state index in [9.17, 15) is 13.9 Å². The summed E-state index contributed by atoms with van der Waals surface area (Å²) in [7, 11) is 0. The third-order valence-corrected chi connectivity index (χ3v) is 2.95. The molecule has 0 unspecified atom stereocenters. The lowest BCUT2D eigenvalue weighted by molar-refractivity contribution is 0.457. The zero-order valence-corrected chi connectivity index (χ0v) is 10.3. The Balaban J connectivity index is 2.03. The molecular formula is C15H10F2N2O. The van der Waals surface area contributed by atoms with Crippen LogP contribution in [0.5, 0.6) is 5.88 Å². The maximum absolute atomic E-state index is 13.3. The number of benzene rings is 2. The number of halogens is 2. The summed E-state index contributed by atoms with van der Waals surface area (Å²) in [4.78, 5) is 6.87. The number of hydrogen-bond donors (Lipinski definition) is 2. The van der Waals surface area contributed by atoms with Gasteiger partial charge in [-0.3, -0.25) is 4.99 Å². The second-order valence-corrected chi connectivity index (χ2v) is 4.31. The molecule has 1 aromatic heterocycles. The van der Waals surface area contributed by atoms with Crippen LogP contribution in [0.2, 0.25) is 0 Å². The number of hydrogen-bond acceptors (Lipinski definition) is 2. The number of fused-ring (bicyclic) bond motifs is 1. The van der Waals surface area contributed by atoms with Crippen molar-refractivity contribution in [3.05, 3.63) is 59.7 Å². The maximum atomic E-state index is 13.3. The quantitative estimate of drug-likeness (QED) is 0.683. The second-order valence-electron chi connectivity index (χ2n) is 4.31. The van der Waals surface area contributed by atoms with Gasteiger partial charge in [0, 0.05) is 17.1 Å². The Bertz CT molecular complexity index is 791. The lowest BCUT2D eigenvalue weighted by atomic mass is 10.2. The van der Waals surface area contributed by atoms with Gasteiger partial charge < -0.3 is 10.1 Å². The number of rotatable bonds is 2. The fourth-order valence-corrected chi connectivity index (χ4v) is 1.97. The average Bonchev–Trinajstić information content (AvgIpc) is 2.73. The van der Waals surface area contributed by atoms with E-state index in [2.05, 4.69) is 9.98 Å². The first kappa shape index (κ1) is 12.3. The molecule has 3 rings (SSSR count). The molecule has 2 N–H and O–H groups in total. The molecule has 100 valence electrons. The molecule has 1 heterocycles. The molecule has 0 saturated carbocycles. The van der Waals surface area contributed by atoms with E-state index in [4.69, 9.17) is 0 Å². The summed E-state index contributed by atoms with van der Waals surface area (Å²) in [5, 5.41) is 10.4. The summed E-state index contributed by atoms with van der Waals surface area (Å²) in [6.45, 7) is 0. The fourth-order valence-electron chi connectivity index (χ4n) is 1.97. The monoisotopic (exact) mass is 272 g/mol. The van der Waals surface area contributed by atoms with Crippen molar-refractivity contribution < 1.29 is 13.9 Å². The SMILES string of the molecule is Oc1[nH]c2ccc(F)cc2c1C=Nc1ccc(F)cc1. The molecule has 0 fully saturated rings. The van der Waals surface area contributed by atoms with Crippen LogP contribution in [0.3, 0.4) is 0 Å². The van der Waals surface area contributed by atoms with E-state index >= 15 is 0 Å². The van der Waals surface area contributed by atoms with E-state index in [1.807, 2.05) is 0 Å². The standard InChI is InChI=1S/C15H10F2N2O/c16-9-1-4-11(5-2-9)18-8-13-12-7-10(17)3-6-14(12)19-15(13)20/h1-8,19-20H. The molecule has 0 atom stereocenters. The van der Waals surface area contributed by atoms with E-state index < -0.39 is 5.82 Å². The predicted octanol–water partition coefficient (Wildman–Crippen LogP) is 3.90. The van der Waals surface area contributed by atoms with E-state index in [0.717, 1.165) is 0 Å². The Morgan fingerprint density at radius 1 is 1.00 bits per heavy atom. The smallest absolute Gasteiger partial charge is 0.198 e. The highest BCUT2D eigenvalue weighted by Crippen LogP contribution is 2.26. The lowest BCUT2D eigenvalue weighted by Gasteiger charge is -1.95. The third-order valence-electron chi connectivity index (χ3n) is 2.95. The van der Waals surface area contributed by atoms with Crippen LogP contribution in [-0.4, -0.2) is 16.3 Å². The van der Waals surface area contributed by atoms with Crippen molar-refractivity contribution in [3.63, 3.8) is 0 Å². The van der Waals surface area contributed by atoms with Crippen molar-refractivity contribution in [1.29, 1.82) is 0 Å². The predicted molar refractivity (Wildman–Crippen MR) is 73.6 cm³/mol. The van der Waals surface area contributed by atoms with Crippen LogP contribution in [0.15, 0.2) is 47.5 Å². The zero-order chi connectivity index (χ0) is 14.1. The molecule has 0 spiro atoms. The van der Waals surface area contributed by atoms with E-state index in [1.54, 1.807) is 6.07 Å². The second kappa shape index (κ2) is 4.77. The van der Waals surface area contributed by atoms with Crippen molar-refractivity contribution in [2.45, 2.75) is 0 Å². The Morgan fingerprint density at radius 3 is 2.45 bits per heavy atom. The first-order valence-corrected chi connectivity index (χ1v) is 5.93. The minimum Gasteiger partial charge on any atom is -0.494 e. The number of H-pyrrole nitrogens is 1. The van der Waals surface area contributed by atoms with Gasteiger partial charge in [0.1, 0.15) is 11.6 Å². The van der Waals surface area contributed by atoms with Gasteiger partial charge in [-0.05, 0) is 42.5 Å². The number of nitrogens with one attached hydrogen (secondary N) is 1. The summed E-state index contributed by atoms with van der Waals surface area (Å²) in [5.41, 5.74) is 1.55. The number of aromatic amines is 1. The lowest BCUT2D eigenvalue weighted by Crippen LogP contribution is -1.80. The first-order chi connectivity index (χ1) is 9.63. The molecule has 3 nitrogen and oxygen atoms in total. The van der Waals surface area contributed by atoms with Crippen LogP contribution in [0.1, 0.15) is 5.56 Å². The van der Waals surface area contributed by atoms with Crippen molar-refractivity contribution in [2.75, 3.05) is 0 Å². The van der Waals surface area contributed by atoms with Crippen LogP contribution in [0, 0.1) is 11.6 Å². The van der Waals surface area contributed by atoms with Gasteiger partial charge in [0.25, 0.3) is 0 Å². The van der Waals surface area contributed by atoms with Crippen molar-refractivity contribution in [2.24, 2.45) is 4.99 Å². The molecule has 0 aliphatic rings. The number of aromatic hydroxyl groups is 1. The van der Waals surface area contributed by atoms with Gasteiger partial charge in [-0.2, -0.15) is 0 Å². The van der Waals surface area contributed by atoms with E-state index in [0.29, 0.717) is 22.2 Å². The third kappa shape index (κ3) is 2.25. The van der Waals surface area contributed by atoms with Crippen LogP contribution in [0.4, 0.5) is 14.5 Å². The Morgan fingerprint density at radius 2 is 1.70 bits per heavy atom. The van der Waals surface area contributed by atoms with Gasteiger partial charge in [-0.15, -0.1) is 0 Å². The summed E-state index contributed by atoms with van der Waals surface area (Å²) in [5.74, 6) is -0.828. The first-order valence-electron chi connectivity index (χ1n) is 5.93. The van der Waals surface area contributed by atoms with E-state index in [1.165, 1.54) is 42.6 Å². The highest BCUT2D eigenvalue weighted by Gasteiger charge is 2.09. The Kier molecular flexibility index (Phi) is 2.95. The normalized spacial score (nSPS) is 11.5. The Labute approximate surface area is 113 Å². The topological polar surface area (TPSA) is 48.4 Å². The van der Waals surface area contributed by atoms with Crippen LogP contribution in [0.25, 0.3) is 10.9 Å². The van der Waals surface area contributed by atoms with Gasteiger partial charge in [-0.1, -0.05) is 0 Å². The number of aromatic nitrogens is 1. The molecule has 2 aromatic carbocycles. The highest BCUT2D eigenvalue weighted by molar-refractivity contribution is 6.02. The van der Waals surface area contributed by atoms with Crippen molar-refractivity contribution in [3.8, 4) is 5.88 Å². The molecule has 0 bridgehead atoms. The highest BCUT2D eigenvalue weighted by atomic mass is 19.1. The molecule has 0 aliphatic heterocycles. The average molecular weight is 272 g/mol. The summed E-state index contributed by atoms with van der Waals surface area (Å²) >= 11 is 0. The van der Waals surface area contributed by atoms with Crippen LogP contribution >= 0.6 is 0 Å². The van der Waals surface area contributed by atoms with Gasteiger partial charge in [0.05, 0.1) is 11.3 Å². The summed E-state index contributed by atoms with van der Waals surface area (Å²) in [6, 6.07) is 9.77. The molecule has 5 heteroatoms. The van der Waals surface area contributed by atoms with E-state index in [-0.39, 0.29) is 11.7 Å². The summed E-state index contributed by atoms with van der Waals surface area (Å²) < 4.78 is 26.0. The van der Waals surface area contributed by atoms with Crippen molar-refractivity contribution in [1.82, 2.24) is 4.98 Å². The molecular weight excluding hydrogens is 262 g/mol. The van der Waals surface area contributed by atoms with Crippen LogP contribution in [-0.2, 0) is 0 Å². The summed E-state index contributed by atoms with van der Waals surface area (Å²) in [6.07, 6.45) is 1.42. The minimum atomic E-state index is -0.395. The van der Waals surface area contributed by atoms with Crippen LogP contribution < -0.4 is 0 Å². The fraction of sp³-hybridized carbons (Fsp3) is 0. The number of aliphatic imine (C=N–C) groups is 1. The van der Waals surface area contributed by atoms with Crippen molar-refractivity contribution >= 4 is 22.8 Å². The molecule has 20 heavy (non-hydrogen) atoms. The molecule has 3 aromatic rings. The number of nitrogens with zero attached hydrogens (tertiary/aromatic N) is 1. The minimum absolute atomic E-state index is 0.0866. The van der Waals surface area contributed by atoms with Gasteiger partial charge in [0.15, 0.2) is 5.88 Å². The maximum Gasteiger partial charge on any atom is 0.198 e. The molecule has 0 aliphatic carbocycles. The molecule has 0 amide bonds. The molecule has 0 radical (unpaired) electrons.